The predicted octanol–water partition coefficient (Wildman–Crippen LogP) is 2.38. The first-order chi connectivity index (χ1) is 12.0. The minimum atomic E-state index is -0.167. The van der Waals surface area contributed by atoms with Crippen molar-refractivity contribution in [2.24, 2.45) is 0 Å². The van der Waals surface area contributed by atoms with Crippen LogP contribution >= 0.6 is 0 Å². The van der Waals surface area contributed by atoms with Crippen LogP contribution in [0.2, 0.25) is 0 Å². The third-order valence-electron chi connectivity index (χ3n) is 3.67. The molecule has 2 rings (SSSR count). The average molecular weight is 345 g/mol. The van der Waals surface area contributed by atoms with Gasteiger partial charge in [-0.1, -0.05) is 5.16 Å². The highest BCUT2D eigenvalue weighted by molar-refractivity contribution is 5.90. The summed E-state index contributed by atoms with van der Waals surface area (Å²) in [5.41, 5.74) is 2.47. The van der Waals surface area contributed by atoms with E-state index in [9.17, 15) is 9.59 Å². The molecule has 2 N–H and O–H groups in total. The number of likely N-dealkylation sites (N-methyl/N-ethyl adjacent to an activating group) is 1. The number of hydrogen-bond acceptors (Lipinski definition) is 5. The topological polar surface area (TPSA) is 93.5 Å². The molecule has 0 fully saturated rings. The van der Waals surface area contributed by atoms with Crippen LogP contribution < -0.4 is 15.4 Å². The van der Waals surface area contributed by atoms with Crippen LogP contribution in [0.1, 0.15) is 30.4 Å². The van der Waals surface area contributed by atoms with Gasteiger partial charge >= 0.3 is 0 Å². The second-order valence-electron chi connectivity index (χ2n) is 5.62. The van der Waals surface area contributed by atoms with Gasteiger partial charge in [-0.25, -0.2) is 0 Å². The van der Waals surface area contributed by atoms with Crippen LogP contribution in [0.4, 0.5) is 5.69 Å². The minimum Gasteiger partial charge on any atom is -0.484 e. The van der Waals surface area contributed by atoms with Crippen molar-refractivity contribution in [3.8, 4) is 5.75 Å². The maximum Gasteiger partial charge on any atom is 0.257 e. The van der Waals surface area contributed by atoms with Gasteiger partial charge in [-0.3, -0.25) is 9.59 Å². The van der Waals surface area contributed by atoms with Crippen molar-refractivity contribution in [3.05, 3.63) is 41.3 Å². The van der Waals surface area contributed by atoms with Crippen molar-refractivity contribution >= 4 is 17.5 Å². The summed E-state index contributed by atoms with van der Waals surface area (Å²) in [5, 5.41) is 9.37. The molecule has 0 saturated heterocycles. The normalized spacial score (nSPS) is 10.4. The Morgan fingerprint density at radius 3 is 2.48 bits per heavy atom. The van der Waals surface area contributed by atoms with Gasteiger partial charge in [0.25, 0.3) is 5.91 Å². The molecule has 2 aromatic rings. The number of benzene rings is 1. The van der Waals surface area contributed by atoms with E-state index in [2.05, 4.69) is 15.8 Å². The molecular weight excluding hydrogens is 322 g/mol. The smallest absolute Gasteiger partial charge is 0.257 e. The maximum atomic E-state index is 12.1. The number of anilines is 1. The van der Waals surface area contributed by atoms with E-state index in [1.165, 1.54) is 0 Å². The third kappa shape index (κ3) is 5.63. The second-order valence-corrected chi connectivity index (χ2v) is 5.62. The Hall–Kier alpha value is -2.83. The molecule has 1 aromatic carbocycles. The van der Waals surface area contributed by atoms with Gasteiger partial charge in [0.1, 0.15) is 11.5 Å². The van der Waals surface area contributed by atoms with Crippen LogP contribution in [0.3, 0.4) is 0 Å². The number of aromatic nitrogens is 1. The predicted molar refractivity (Wildman–Crippen MR) is 93.5 cm³/mol. The zero-order valence-corrected chi connectivity index (χ0v) is 14.7. The first-order valence-corrected chi connectivity index (χ1v) is 8.20. The summed E-state index contributed by atoms with van der Waals surface area (Å²) in [6.45, 7) is 6.09. The lowest BCUT2D eigenvalue weighted by molar-refractivity contribution is -0.123. The van der Waals surface area contributed by atoms with Crippen molar-refractivity contribution in [2.45, 2.75) is 33.6 Å². The second kappa shape index (κ2) is 8.86. The van der Waals surface area contributed by atoms with E-state index in [-0.39, 0.29) is 18.4 Å². The Morgan fingerprint density at radius 1 is 1.16 bits per heavy atom. The van der Waals surface area contributed by atoms with E-state index >= 15 is 0 Å². The third-order valence-corrected chi connectivity index (χ3v) is 3.67. The molecule has 134 valence electrons. The lowest BCUT2D eigenvalue weighted by Crippen LogP contribution is -2.28. The van der Waals surface area contributed by atoms with Crippen LogP contribution in [-0.4, -0.2) is 30.1 Å². The molecular formula is C18H23N3O4. The summed E-state index contributed by atoms with van der Waals surface area (Å²) in [4.78, 5) is 23.4. The fourth-order valence-corrected chi connectivity index (χ4v) is 2.35. The Morgan fingerprint density at radius 2 is 1.88 bits per heavy atom. The molecule has 7 heteroatoms. The van der Waals surface area contributed by atoms with Crippen LogP contribution in [0, 0.1) is 13.8 Å². The number of aryl methyl sites for hydroxylation is 2. The van der Waals surface area contributed by atoms with Gasteiger partial charge in [-0.2, -0.15) is 0 Å². The summed E-state index contributed by atoms with van der Waals surface area (Å²) >= 11 is 0. The van der Waals surface area contributed by atoms with Gasteiger partial charge in [0.15, 0.2) is 6.61 Å². The average Bonchev–Trinajstić information content (AvgIpc) is 2.91. The fourth-order valence-electron chi connectivity index (χ4n) is 2.35. The maximum absolute atomic E-state index is 12.1. The van der Waals surface area contributed by atoms with Crippen molar-refractivity contribution in [3.63, 3.8) is 0 Å². The molecule has 1 heterocycles. The van der Waals surface area contributed by atoms with Crippen LogP contribution in [0.25, 0.3) is 0 Å². The van der Waals surface area contributed by atoms with Crippen LogP contribution in [0.15, 0.2) is 28.8 Å². The largest absolute Gasteiger partial charge is 0.484 e. The van der Waals surface area contributed by atoms with Crippen molar-refractivity contribution in [2.75, 3.05) is 18.5 Å². The highest BCUT2D eigenvalue weighted by Gasteiger charge is 2.11. The number of carbonyl (C=O) groups excluding carboxylic acids is 2. The molecule has 0 atom stereocenters. The highest BCUT2D eigenvalue weighted by Crippen LogP contribution is 2.17. The number of hydrogen-bond donors (Lipinski definition) is 2. The van der Waals surface area contributed by atoms with Crippen LogP contribution in [-0.2, 0) is 16.0 Å². The molecule has 25 heavy (non-hydrogen) atoms. The SMILES string of the molecule is CCNC(=O)COc1ccc(NC(=O)CCc2c(C)noc2C)cc1. The number of carbonyl (C=O) groups is 2. The monoisotopic (exact) mass is 345 g/mol. The van der Waals surface area contributed by atoms with Crippen molar-refractivity contribution in [1.29, 1.82) is 0 Å². The molecule has 0 spiro atoms. The molecule has 0 saturated carbocycles. The van der Waals surface area contributed by atoms with E-state index in [0.717, 1.165) is 17.0 Å². The Bertz CT molecular complexity index is 703. The van der Waals surface area contributed by atoms with E-state index < -0.39 is 0 Å². The number of ether oxygens (including phenoxy) is 1. The Labute approximate surface area is 146 Å². The zero-order chi connectivity index (χ0) is 18.2. The fraction of sp³-hybridized carbons (Fsp3) is 0.389. The molecule has 0 unspecified atom stereocenters. The van der Waals surface area contributed by atoms with Gasteiger partial charge in [0.05, 0.1) is 5.69 Å². The first-order valence-electron chi connectivity index (χ1n) is 8.20. The molecule has 0 aliphatic rings. The molecule has 0 aliphatic heterocycles. The molecule has 1 aromatic heterocycles. The number of rotatable bonds is 8. The quantitative estimate of drug-likeness (QED) is 0.766. The lowest BCUT2D eigenvalue weighted by Gasteiger charge is -2.08. The summed E-state index contributed by atoms with van der Waals surface area (Å²) in [6.07, 6.45) is 0.930. The number of nitrogens with one attached hydrogen (secondary N) is 2. The molecule has 7 nitrogen and oxygen atoms in total. The standard InChI is InChI=1S/C18H23N3O4/c1-4-19-18(23)11-24-15-7-5-14(6-8-15)20-17(22)10-9-16-12(2)21-25-13(16)3/h5-8H,4,9-11H2,1-3H3,(H,19,23)(H,20,22). The summed E-state index contributed by atoms with van der Waals surface area (Å²) in [6, 6.07) is 6.90. The Kier molecular flexibility index (Phi) is 6.56. The number of amides is 2. The van der Waals surface area contributed by atoms with Gasteiger partial charge < -0.3 is 19.9 Å². The summed E-state index contributed by atoms with van der Waals surface area (Å²) in [7, 11) is 0. The van der Waals surface area contributed by atoms with Gasteiger partial charge in [-0.05, 0) is 51.5 Å². The van der Waals surface area contributed by atoms with E-state index in [1.54, 1.807) is 24.3 Å². The zero-order valence-electron chi connectivity index (χ0n) is 14.7. The van der Waals surface area contributed by atoms with E-state index in [0.29, 0.717) is 30.8 Å². The van der Waals surface area contributed by atoms with Gasteiger partial charge in [-0.15, -0.1) is 0 Å². The van der Waals surface area contributed by atoms with Gasteiger partial charge in [0, 0.05) is 24.2 Å². The van der Waals surface area contributed by atoms with E-state index in [4.69, 9.17) is 9.26 Å². The lowest BCUT2D eigenvalue weighted by atomic mass is 10.1. The molecule has 0 aliphatic carbocycles. The molecule has 0 bridgehead atoms. The van der Waals surface area contributed by atoms with Crippen molar-refractivity contribution < 1.29 is 18.8 Å². The molecule has 2 amide bonds. The van der Waals surface area contributed by atoms with Crippen molar-refractivity contribution in [1.82, 2.24) is 10.5 Å². The molecule has 0 radical (unpaired) electrons. The minimum absolute atomic E-state index is 0.0308. The summed E-state index contributed by atoms with van der Waals surface area (Å²) in [5.74, 6) is 1.06. The Balaban J connectivity index is 1.80. The first kappa shape index (κ1) is 18.5. The highest BCUT2D eigenvalue weighted by atomic mass is 16.5. The number of nitrogens with zero attached hydrogens (tertiary/aromatic N) is 1. The van der Waals surface area contributed by atoms with E-state index in [1.807, 2.05) is 20.8 Å². The van der Waals surface area contributed by atoms with Gasteiger partial charge in [0.2, 0.25) is 5.91 Å². The summed E-state index contributed by atoms with van der Waals surface area (Å²) < 4.78 is 10.5. The van der Waals surface area contributed by atoms with Crippen LogP contribution in [0.5, 0.6) is 5.75 Å².